The molecule has 0 amide bonds. The van der Waals surface area contributed by atoms with E-state index in [2.05, 4.69) is 27.7 Å². The van der Waals surface area contributed by atoms with Gasteiger partial charge >= 0.3 is 0 Å². The van der Waals surface area contributed by atoms with E-state index in [0.717, 1.165) is 6.29 Å². The lowest BCUT2D eigenvalue weighted by Gasteiger charge is -2.26. The molecule has 71 valence electrons. The van der Waals surface area contributed by atoms with Crippen molar-refractivity contribution in [2.24, 2.45) is 11.3 Å². The molecule has 0 aromatic heterocycles. The zero-order valence-electron chi connectivity index (χ0n) is 8.52. The van der Waals surface area contributed by atoms with E-state index in [0.29, 0.717) is 5.92 Å². The van der Waals surface area contributed by atoms with Gasteiger partial charge in [0.1, 0.15) is 0 Å². The first-order valence-electron chi connectivity index (χ1n) is 4.77. The number of hydrogen-bond acceptors (Lipinski definition) is 2. The molecular formula is C10H19O2. The predicted molar refractivity (Wildman–Crippen MR) is 47.9 cm³/mol. The highest BCUT2D eigenvalue weighted by atomic mass is 17.4. The maximum absolute atomic E-state index is 4.81. The van der Waals surface area contributed by atoms with E-state index < -0.39 is 0 Å². The molecule has 1 unspecified atom stereocenters. The van der Waals surface area contributed by atoms with Gasteiger partial charge in [-0.25, -0.2) is 0 Å². The Balaban J connectivity index is 2.38. The Morgan fingerprint density at radius 1 is 1.25 bits per heavy atom. The van der Waals surface area contributed by atoms with Crippen molar-refractivity contribution in [3.63, 3.8) is 0 Å². The summed E-state index contributed by atoms with van der Waals surface area (Å²) >= 11 is 0. The van der Waals surface area contributed by atoms with Crippen molar-refractivity contribution in [2.75, 3.05) is 0 Å². The molecular weight excluding hydrogens is 152 g/mol. The van der Waals surface area contributed by atoms with Crippen LogP contribution in [-0.4, -0.2) is 0 Å². The fraction of sp³-hybridized carbons (Fsp3) is 0.900. The van der Waals surface area contributed by atoms with Crippen molar-refractivity contribution in [3.05, 3.63) is 6.29 Å². The van der Waals surface area contributed by atoms with Crippen LogP contribution in [0, 0.1) is 17.6 Å². The van der Waals surface area contributed by atoms with E-state index in [9.17, 15) is 0 Å². The molecule has 1 fully saturated rings. The highest BCUT2D eigenvalue weighted by molar-refractivity contribution is 4.89. The van der Waals surface area contributed by atoms with Crippen molar-refractivity contribution in [1.82, 2.24) is 0 Å². The first-order valence-corrected chi connectivity index (χ1v) is 4.77. The van der Waals surface area contributed by atoms with Crippen molar-refractivity contribution >= 4 is 0 Å². The minimum atomic E-state index is 0.265. The quantitative estimate of drug-likeness (QED) is 0.479. The van der Waals surface area contributed by atoms with Gasteiger partial charge < -0.3 is 0 Å². The van der Waals surface area contributed by atoms with Gasteiger partial charge in [0.25, 0.3) is 6.29 Å². The van der Waals surface area contributed by atoms with Crippen LogP contribution in [0.4, 0.5) is 0 Å². The lowest BCUT2D eigenvalue weighted by atomic mass is 9.78. The Morgan fingerprint density at radius 2 is 1.83 bits per heavy atom. The number of rotatable bonds is 4. The summed E-state index contributed by atoms with van der Waals surface area (Å²) in [5.41, 5.74) is 0.265. The molecule has 1 radical (unpaired) electrons. The molecule has 0 aromatic carbocycles. The van der Waals surface area contributed by atoms with Crippen LogP contribution in [0.5, 0.6) is 0 Å². The van der Waals surface area contributed by atoms with Crippen molar-refractivity contribution in [2.45, 2.75) is 47.0 Å². The Morgan fingerprint density at radius 3 is 2.17 bits per heavy atom. The molecule has 2 heteroatoms. The van der Waals surface area contributed by atoms with Gasteiger partial charge in [-0.3, -0.25) is 0 Å². The van der Waals surface area contributed by atoms with Gasteiger partial charge in [-0.05, 0) is 11.8 Å². The zero-order valence-corrected chi connectivity index (χ0v) is 8.52. The molecule has 0 bridgehead atoms. The first kappa shape index (κ1) is 10.0. The van der Waals surface area contributed by atoms with Crippen LogP contribution >= 0.6 is 0 Å². The predicted octanol–water partition coefficient (Wildman–Crippen LogP) is 3.29. The van der Waals surface area contributed by atoms with Crippen LogP contribution in [0.15, 0.2) is 0 Å². The monoisotopic (exact) mass is 171 g/mol. The third-order valence-electron chi connectivity index (χ3n) is 2.36. The normalized spacial score (nSPS) is 21.0. The Hall–Kier alpha value is -0.0800. The molecule has 1 rings (SSSR count). The molecule has 1 saturated heterocycles. The highest BCUT2D eigenvalue weighted by Gasteiger charge is 2.44. The van der Waals surface area contributed by atoms with E-state index in [4.69, 9.17) is 9.78 Å². The topological polar surface area (TPSA) is 25.1 Å². The van der Waals surface area contributed by atoms with Crippen molar-refractivity contribution in [3.8, 4) is 0 Å². The average molecular weight is 171 g/mol. The van der Waals surface area contributed by atoms with Gasteiger partial charge in [-0.15, -0.1) is 0 Å². The van der Waals surface area contributed by atoms with E-state index in [-0.39, 0.29) is 5.41 Å². The molecule has 0 aromatic rings. The Labute approximate surface area is 75.2 Å². The summed E-state index contributed by atoms with van der Waals surface area (Å²) in [4.78, 5) is 9.62. The molecule has 0 aliphatic carbocycles. The summed E-state index contributed by atoms with van der Waals surface area (Å²) in [5, 5.41) is 0. The summed E-state index contributed by atoms with van der Waals surface area (Å²) in [5.74, 6) is 0.470. The summed E-state index contributed by atoms with van der Waals surface area (Å²) < 4.78 is 0. The average Bonchev–Trinajstić information content (AvgIpc) is 2.69. The summed E-state index contributed by atoms with van der Waals surface area (Å²) in [6, 6.07) is 0. The third kappa shape index (κ3) is 2.76. The second-order valence-corrected chi connectivity index (χ2v) is 4.55. The van der Waals surface area contributed by atoms with Crippen LogP contribution in [0.3, 0.4) is 0 Å². The van der Waals surface area contributed by atoms with Gasteiger partial charge in [-0.1, -0.05) is 40.5 Å². The largest absolute Gasteiger partial charge is 0.296 e. The van der Waals surface area contributed by atoms with E-state index in [1.54, 1.807) is 0 Å². The van der Waals surface area contributed by atoms with Crippen LogP contribution in [-0.2, 0) is 9.78 Å². The van der Waals surface area contributed by atoms with Gasteiger partial charge in [0.2, 0.25) is 0 Å². The third-order valence-corrected chi connectivity index (χ3v) is 2.36. The number of unbranched alkanes of at least 4 members (excludes halogenated alkanes) is 1. The molecule has 1 atom stereocenters. The number of hydrogen-bond donors (Lipinski definition) is 0. The van der Waals surface area contributed by atoms with Crippen molar-refractivity contribution in [1.29, 1.82) is 0 Å². The zero-order chi connectivity index (χ0) is 9.19. The van der Waals surface area contributed by atoms with Crippen LogP contribution in [0.25, 0.3) is 0 Å². The minimum Gasteiger partial charge on any atom is -0.188 e. The smallest absolute Gasteiger partial charge is 0.188 e. The molecule has 2 nitrogen and oxygen atoms in total. The molecule has 0 saturated carbocycles. The maximum atomic E-state index is 4.81. The molecule has 1 heterocycles. The van der Waals surface area contributed by atoms with Gasteiger partial charge in [-0.2, -0.15) is 9.78 Å². The lowest BCUT2D eigenvalue weighted by Crippen LogP contribution is -2.21. The Kier molecular flexibility index (Phi) is 3.13. The molecule has 1 aliphatic rings. The summed E-state index contributed by atoms with van der Waals surface area (Å²) in [6.07, 6.45) is 4.50. The van der Waals surface area contributed by atoms with E-state index >= 15 is 0 Å². The fourth-order valence-corrected chi connectivity index (χ4v) is 1.45. The van der Waals surface area contributed by atoms with Crippen LogP contribution < -0.4 is 0 Å². The van der Waals surface area contributed by atoms with Gasteiger partial charge in [0.15, 0.2) is 0 Å². The Bertz CT molecular complexity index is 133. The second kappa shape index (κ2) is 3.75. The highest BCUT2D eigenvalue weighted by Crippen LogP contribution is 2.44. The second-order valence-electron chi connectivity index (χ2n) is 4.55. The maximum Gasteiger partial charge on any atom is 0.296 e. The van der Waals surface area contributed by atoms with Gasteiger partial charge in [0.05, 0.1) is 0 Å². The molecule has 0 N–H and O–H groups in total. The van der Waals surface area contributed by atoms with Crippen LogP contribution in [0.2, 0.25) is 0 Å². The summed E-state index contributed by atoms with van der Waals surface area (Å²) in [7, 11) is 0. The van der Waals surface area contributed by atoms with Gasteiger partial charge in [0, 0.05) is 5.92 Å². The van der Waals surface area contributed by atoms with E-state index in [1.807, 2.05) is 0 Å². The SMILES string of the molecule is CCCCC([C]1OO1)C(C)(C)C. The van der Waals surface area contributed by atoms with Crippen LogP contribution in [0.1, 0.15) is 47.0 Å². The van der Waals surface area contributed by atoms with E-state index in [1.165, 1.54) is 19.3 Å². The first-order chi connectivity index (χ1) is 5.55. The fourth-order valence-electron chi connectivity index (χ4n) is 1.45. The lowest BCUT2D eigenvalue weighted by molar-refractivity contribution is 0.0850. The standard InChI is InChI=1S/C10H19O2/c1-5-6-7-8(9-11-12-9)10(2,3)4/h8H,5-7H2,1-4H3. The molecule has 0 spiro atoms. The molecule has 12 heavy (non-hydrogen) atoms. The molecule has 1 aliphatic heterocycles. The minimum absolute atomic E-state index is 0.265. The summed E-state index contributed by atoms with van der Waals surface area (Å²) in [6.45, 7) is 8.89. The van der Waals surface area contributed by atoms with Crippen molar-refractivity contribution < 1.29 is 9.78 Å².